The molecule has 5 aromatic rings. The van der Waals surface area contributed by atoms with Crippen LogP contribution >= 0.6 is 0 Å². The maximum Gasteiger partial charge on any atom is 0.258 e. The van der Waals surface area contributed by atoms with Crippen molar-refractivity contribution in [3.63, 3.8) is 0 Å². The van der Waals surface area contributed by atoms with Gasteiger partial charge >= 0.3 is 0 Å². The lowest BCUT2D eigenvalue weighted by Crippen LogP contribution is -2.13. The Morgan fingerprint density at radius 2 is 1.74 bits per heavy atom. The number of carbonyl (C=O) groups is 2. The molecule has 11 heteroatoms. The number of phenolic OH excluding ortho intramolecular Hbond substituents is 1. The minimum absolute atomic E-state index is 0.118. The summed E-state index contributed by atoms with van der Waals surface area (Å²) in [6.45, 7) is 1.69. The number of aromatic hydroxyl groups is 1. The summed E-state index contributed by atoms with van der Waals surface area (Å²) in [7, 11) is 1.45. The third kappa shape index (κ3) is 5.01. The van der Waals surface area contributed by atoms with E-state index in [0.29, 0.717) is 38.9 Å². The number of hydrogen-bond donors (Lipinski definition) is 4. The third-order valence-corrected chi connectivity index (χ3v) is 6.04. The van der Waals surface area contributed by atoms with Gasteiger partial charge in [0.05, 0.1) is 18.0 Å². The van der Waals surface area contributed by atoms with Gasteiger partial charge in [-0.05, 0) is 66.9 Å². The number of aromatic amines is 1. The second-order valence-corrected chi connectivity index (χ2v) is 8.66. The SMILES string of the molecule is COc1ccc(C(N)=O)cc1N=Nc1c(O)ccc2ccc(C(=O)Nc3ccc4nc(C)[nH]c(=O)c4c3)cc12. The van der Waals surface area contributed by atoms with Crippen LogP contribution < -0.4 is 21.3 Å². The summed E-state index contributed by atoms with van der Waals surface area (Å²) < 4.78 is 5.29. The number of hydrogen-bond acceptors (Lipinski definition) is 8. The first kappa shape index (κ1) is 25.1. The number of ether oxygens (including phenoxy) is 1. The summed E-state index contributed by atoms with van der Waals surface area (Å²) >= 11 is 0. The molecule has 1 heterocycles. The Bertz CT molecular complexity index is 1880. The van der Waals surface area contributed by atoms with Crippen LogP contribution in [-0.4, -0.2) is 34.0 Å². The van der Waals surface area contributed by atoms with Gasteiger partial charge in [-0.15, -0.1) is 10.2 Å². The molecule has 0 saturated carbocycles. The number of aryl methyl sites for hydroxylation is 1. The van der Waals surface area contributed by atoms with E-state index in [1.807, 2.05) is 0 Å². The number of rotatable bonds is 6. The molecule has 0 fully saturated rings. The van der Waals surface area contributed by atoms with Crippen molar-refractivity contribution in [2.45, 2.75) is 6.92 Å². The van der Waals surface area contributed by atoms with Crippen LogP contribution in [0.25, 0.3) is 21.7 Å². The maximum absolute atomic E-state index is 13.1. The van der Waals surface area contributed by atoms with E-state index < -0.39 is 11.8 Å². The van der Waals surface area contributed by atoms with Crippen molar-refractivity contribution >= 4 is 50.6 Å². The van der Waals surface area contributed by atoms with Crippen LogP contribution in [-0.2, 0) is 0 Å². The zero-order valence-corrected chi connectivity index (χ0v) is 20.9. The number of carbonyl (C=O) groups excluding carboxylic acids is 2. The second kappa shape index (κ2) is 10.1. The molecule has 5 N–H and O–H groups in total. The van der Waals surface area contributed by atoms with E-state index in [4.69, 9.17) is 10.5 Å². The summed E-state index contributed by atoms with van der Waals surface area (Å²) in [4.78, 5) is 43.9. The fraction of sp³-hybridized carbons (Fsp3) is 0.0714. The first-order valence-electron chi connectivity index (χ1n) is 11.7. The monoisotopic (exact) mass is 522 g/mol. The van der Waals surface area contributed by atoms with Crippen molar-refractivity contribution in [2.24, 2.45) is 16.0 Å². The maximum atomic E-state index is 13.1. The van der Waals surface area contributed by atoms with E-state index in [9.17, 15) is 19.5 Å². The number of nitrogens with zero attached hydrogens (tertiary/aromatic N) is 3. The molecule has 1 aromatic heterocycles. The molecule has 2 amide bonds. The normalized spacial score (nSPS) is 11.2. The van der Waals surface area contributed by atoms with Gasteiger partial charge in [-0.2, -0.15) is 0 Å². The molecule has 0 bridgehead atoms. The van der Waals surface area contributed by atoms with Crippen LogP contribution in [0, 0.1) is 6.92 Å². The van der Waals surface area contributed by atoms with E-state index in [0.717, 1.165) is 0 Å². The van der Waals surface area contributed by atoms with Gasteiger partial charge in [-0.1, -0.05) is 12.1 Å². The predicted octanol–water partition coefficient (Wildman–Crippen LogP) is 4.87. The van der Waals surface area contributed by atoms with Gasteiger partial charge in [0.2, 0.25) is 5.91 Å². The number of nitrogens with two attached hydrogens (primary N) is 1. The molecule has 0 aliphatic carbocycles. The molecule has 11 nitrogen and oxygen atoms in total. The van der Waals surface area contributed by atoms with Crippen LogP contribution in [0.1, 0.15) is 26.5 Å². The highest BCUT2D eigenvalue weighted by molar-refractivity contribution is 6.08. The molecule has 5 rings (SSSR count). The molecule has 194 valence electrons. The van der Waals surface area contributed by atoms with Gasteiger partial charge in [0, 0.05) is 22.2 Å². The lowest BCUT2D eigenvalue weighted by Gasteiger charge is -2.09. The summed E-state index contributed by atoms with van der Waals surface area (Å²) in [6, 6.07) is 17.4. The van der Waals surface area contributed by atoms with Gasteiger partial charge in [-0.3, -0.25) is 14.4 Å². The van der Waals surface area contributed by atoms with Crippen molar-refractivity contribution in [1.29, 1.82) is 0 Å². The fourth-order valence-electron chi connectivity index (χ4n) is 4.10. The molecule has 0 aliphatic rings. The van der Waals surface area contributed by atoms with Crippen LogP contribution in [0.15, 0.2) is 81.8 Å². The third-order valence-electron chi connectivity index (χ3n) is 6.04. The number of nitrogens with one attached hydrogen (secondary N) is 2. The molecule has 0 atom stereocenters. The van der Waals surface area contributed by atoms with Crippen LogP contribution in [0.3, 0.4) is 0 Å². The molecule has 0 aliphatic heterocycles. The second-order valence-electron chi connectivity index (χ2n) is 8.66. The summed E-state index contributed by atoms with van der Waals surface area (Å²) in [5.41, 5.74) is 6.85. The summed E-state index contributed by atoms with van der Waals surface area (Å²) in [6.07, 6.45) is 0. The van der Waals surface area contributed by atoms with E-state index >= 15 is 0 Å². The Morgan fingerprint density at radius 1 is 0.974 bits per heavy atom. The number of anilines is 1. The van der Waals surface area contributed by atoms with Gasteiger partial charge in [0.25, 0.3) is 11.5 Å². The lowest BCUT2D eigenvalue weighted by atomic mass is 10.0. The molecule has 0 radical (unpaired) electrons. The summed E-state index contributed by atoms with van der Waals surface area (Å²) in [5.74, 6) is -0.390. The average molecular weight is 523 g/mol. The Balaban J connectivity index is 1.50. The number of aromatic nitrogens is 2. The van der Waals surface area contributed by atoms with Crippen molar-refractivity contribution in [2.75, 3.05) is 12.4 Å². The van der Waals surface area contributed by atoms with Crippen LogP contribution in [0.2, 0.25) is 0 Å². The Labute approximate surface area is 221 Å². The number of amides is 2. The molecule has 0 saturated heterocycles. The quantitative estimate of drug-likeness (QED) is 0.232. The van der Waals surface area contributed by atoms with Gasteiger partial charge in [-0.25, -0.2) is 4.98 Å². The Morgan fingerprint density at radius 3 is 2.51 bits per heavy atom. The molecule has 0 spiro atoms. The number of H-pyrrole nitrogens is 1. The zero-order chi connectivity index (χ0) is 27.7. The molecule has 4 aromatic carbocycles. The highest BCUT2D eigenvalue weighted by atomic mass is 16.5. The van der Waals surface area contributed by atoms with Gasteiger partial charge < -0.3 is 25.9 Å². The highest BCUT2D eigenvalue weighted by Crippen LogP contribution is 2.38. The first-order chi connectivity index (χ1) is 18.7. The highest BCUT2D eigenvalue weighted by Gasteiger charge is 2.14. The van der Waals surface area contributed by atoms with Crippen molar-refractivity contribution in [3.8, 4) is 11.5 Å². The predicted molar refractivity (Wildman–Crippen MR) is 146 cm³/mol. The van der Waals surface area contributed by atoms with E-state index in [-0.39, 0.29) is 33.8 Å². The van der Waals surface area contributed by atoms with Crippen molar-refractivity contribution in [1.82, 2.24) is 9.97 Å². The fourth-order valence-corrected chi connectivity index (χ4v) is 4.10. The Hall–Kier alpha value is -5.58. The minimum atomic E-state index is -0.639. The number of phenols is 1. The topological polar surface area (TPSA) is 172 Å². The number of fused-ring (bicyclic) bond motifs is 2. The smallest absolute Gasteiger partial charge is 0.258 e. The number of methoxy groups -OCH3 is 1. The van der Waals surface area contributed by atoms with Gasteiger partial charge in [0.1, 0.15) is 28.7 Å². The van der Waals surface area contributed by atoms with Crippen LogP contribution in [0.4, 0.5) is 17.1 Å². The zero-order valence-electron chi connectivity index (χ0n) is 20.9. The number of benzene rings is 4. The molecular weight excluding hydrogens is 500 g/mol. The van der Waals surface area contributed by atoms with E-state index in [1.54, 1.807) is 49.4 Å². The number of azo groups is 1. The van der Waals surface area contributed by atoms with Gasteiger partial charge in [0.15, 0.2) is 0 Å². The van der Waals surface area contributed by atoms with Crippen molar-refractivity contribution in [3.05, 3.63) is 94.0 Å². The molecule has 0 unspecified atom stereocenters. The van der Waals surface area contributed by atoms with Crippen molar-refractivity contribution < 1.29 is 19.4 Å². The minimum Gasteiger partial charge on any atom is -0.506 e. The summed E-state index contributed by atoms with van der Waals surface area (Å²) in [5, 5.41) is 23.3. The average Bonchev–Trinajstić information content (AvgIpc) is 2.92. The van der Waals surface area contributed by atoms with E-state index in [2.05, 4.69) is 25.5 Å². The largest absolute Gasteiger partial charge is 0.506 e. The first-order valence-corrected chi connectivity index (χ1v) is 11.7. The van der Waals surface area contributed by atoms with E-state index in [1.165, 1.54) is 31.4 Å². The lowest BCUT2D eigenvalue weighted by molar-refractivity contribution is 0.0997. The van der Waals surface area contributed by atoms with Crippen LogP contribution in [0.5, 0.6) is 11.5 Å². The standard InChI is InChI=1S/C28H22N6O5/c1-14-30-21-8-7-18(13-20(21)28(38)31-14)32-27(37)17-4-3-15-5-9-23(35)25(19(15)11-17)34-33-22-12-16(26(29)36)6-10-24(22)39-2/h3-13,35H,1-2H3,(H2,29,36)(H,32,37)(H,30,31,38). The number of primary amides is 1. The molecular formula is C28H22N6O5. The molecule has 39 heavy (non-hydrogen) atoms. The Kier molecular flexibility index (Phi) is 6.47.